The minimum Gasteiger partial charge on any atom is -0.472 e. The van der Waals surface area contributed by atoms with Crippen LogP contribution in [0.5, 0.6) is 5.88 Å². The molecule has 0 bridgehead atoms. The molecule has 1 heterocycles. The van der Waals surface area contributed by atoms with E-state index in [1.165, 1.54) is 32.1 Å². The monoisotopic (exact) mass is 358 g/mol. The Morgan fingerprint density at radius 2 is 2.12 bits per heavy atom. The Labute approximate surface area is 153 Å². The van der Waals surface area contributed by atoms with Crippen molar-refractivity contribution in [3.63, 3.8) is 0 Å². The Morgan fingerprint density at radius 3 is 2.85 bits per heavy atom. The Kier molecular flexibility index (Phi) is 5.75. The molecular weight excluding hydrogens is 332 g/mol. The Hall–Kier alpha value is -2.58. The molecule has 1 aromatic heterocycles. The summed E-state index contributed by atoms with van der Waals surface area (Å²) in [6.45, 7) is 2.20. The van der Waals surface area contributed by atoms with E-state index in [2.05, 4.69) is 5.10 Å². The van der Waals surface area contributed by atoms with E-state index in [-0.39, 0.29) is 6.61 Å². The van der Waals surface area contributed by atoms with Crippen LogP contribution < -0.4 is 26.9 Å². The number of hydrogen-bond acceptors (Lipinski definition) is 5. The molecule has 0 spiro atoms. The number of anilines is 1. The molecule has 0 atom stereocenters. The highest BCUT2D eigenvalue weighted by Crippen LogP contribution is 2.29. The molecule has 1 fully saturated rings. The lowest BCUT2D eigenvalue weighted by Gasteiger charge is -2.22. The minimum absolute atomic E-state index is 0.259. The number of carbonyl (C=O) groups excluding carboxylic acids is 1. The summed E-state index contributed by atoms with van der Waals surface area (Å²) in [6, 6.07) is 7.26. The normalized spacial score (nSPS) is 14.9. The number of benzene rings is 1. The molecule has 8 nitrogen and oxygen atoms in total. The largest absolute Gasteiger partial charge is 0.472 e. The zero-order valence-electron chi connectivity index (χ0n) is 15.0. The zero-order chi connectivity index (χ0) is 18.5. The minimum atomic E-state index is -0.599. The first-order chi connectivity index (χ1) is 12.6. The van der Waals surface area contributed by atoms with E-state index in [1.807, 2.05) is 41.4 Å². The fourth-order valence-corrected chi connectivity index (χ4v) is 3.37. The fourth-order valence-electron chi connectivity index (χ4n) is 3.37. The Bertz CT molecular complexity index is 754. The van der Waals surface area contributed by atoms with Gasteiger partial charge in [0, 0.05) is 17.8 Å². The van der Waals surface area contributed by atoms with Gasteiger partial charge in [0.25, 0.3) is 0 Å². The smallest absolute Gasteiger partial charge is 0.350 e. The number of hydrazine groups is 2. The first kappa shape index (κ1) is 18.2. The number of amides is 2. The highest BCUT2D eigenvalue weighted by atomic mass is 16.5. The van der Waals surface area contributed by atoms with Gasteiger partial charge in [0.15, 0.2) is 0 Å². The van der Waals surface area contributed by atoms with E-state index in [0.29, 0.717) is 17.6 Å². The van der Waals surface area contributed by atoms with Crippen LogP contribution in [0.25, 0.3) is 0 Å². The second-order valence-corrected chi connectivity index (χ2v) is 6.61. The van der Waals surface area contributed by atoms with Crippen LogP contribution in [-0.4, -0.2) is 15.8 Å². The molecule has 8 heteroatoms. The Balaban J connectivity index is 1.71. The molecule has 1 aliphatic carbocycles. The van der Waals surface area contributed by atoms with E-state index in [9.17, 15) is 4.79 Å². The van der Waals surface area contributed by atoms with Crippen molar-refractivity contribution in [2.45, 2.75) is 51.7 Å². The van der Waals surface area contributed by atoms with Gasteiger partial charge in [0.1, 0.15) is 6.61 Å². The van der Waals surface area contributed by atoms with Gasteiger partial charge < -0.3 is 4.74 Å². The lowest BCUT2D eigenvalue weighted by molar-refractivity contribution is 0.246. The molecule has 3 rings (SSSR count). The summed E-state index contributed by atoms with van der Waals surface area (Å²) in [5.74, 6) is 11.6. The van der Waals surface area contributed by atoms with Crippen molar-refractivity contribution in [3.8, 4) is 5.88 Å². The zero-order valence-corrected chi connectivity index (χ0v) is 15.0. The quantitative estimate of drug-likeness (QED) is 0.432. The molecule has 140 valence electrons. The highest BCUT2D eigenvalue weighted by Gasteiger charge is 2.18. The van der Waals surface area contributed by atoms with Crippen molar-refractivity contribution in [2.24, 2.45) is 11.7 Å². The second-order valence-electron chi connectivity index (χ2n) is 6.61. The van der Waals surface area contributed by atoms with Crippen LogP contribution in [0, 0.1) is 6.92 Å². The first-order valence-electron chi connectivity index (χ1n) is 8.92. The number of aromatic nitrogens is 2. The lowest BCUT2D eigenvalue weighted by atomic mass is 9.96. The van der Waals surface area contributed by atoms with Crippen molar-refractivity contribution >= 4 is 11.7 Å². The average Bonchev–Trinajstić information content (AvgIpc) is 3.15. The summed E-state index contributed by atoms with van der Waals surface area (Å²) < 4.78 is 7.88. The molecule has 0 aliphatic heterocycles. The standard InChI is InChI=1S/C18H26N6O2/c1-13-6-5-9-16(24(20)18(25)21-19)15(13)12-26-17-10-11-23(22-17)14-7-3-2-4-8-14/h5-6,9-11,14H,2-4,7-8,12,19-20H2,1H3,(H,21,25). The third-order valence-corrected chi connectivity index (χ3v) is 4.88. The SMILES string of the molecule is Cc1cccc(N(N)C(=O)NN)c1COc1ccn(C2CCCCC2)n1. The van der Waals surface area contributed by atoms with Gasteiger partial charge in [-0.05, 0) is 31.4 Å². The molecule has 2 amide bonds. The number of urea groups is 1. The van der Waals surface area contributed by atoms with Gasteiger partial charge in [-0.15, -0.1) is 5.10 Å². The fraction of sp³-hybridized carbons (Fsp3) is 0.444. The lowest BCUT2D eigenvalue weighted by Crippen LogP contribution is -2.48. The van der Waals surface area contributed by atoms with Gasteiger partial charge in [-0.2, -0.15) is 0 Å². The topological polar surface area (TPSA) is 111 Å². The number of hydrogen-bond donors (Lipinski definition) is 3. The van der Waals surface area contributed by atoms with Crippen molar-refractivity contribution in [3.05, 3.63) is 41.6 Å². The van der Waals surface area contributed by atoms with Crippen LogP contribution in [0.4, 0.5) is 10.5 Å². The maximum Gasteiger partial charge on any atom is 0.350 e. The number of carbonyl (C=O) groups is 1. The number of nitrogens with two attached hydrogens (primary N) is 2. The molecule has 0 saturated heterocycles. The van der Waals surface area contributed by atoms with Gasteiger partial charge >= 0.3 is 6.03 Å². The third kappa shape index (κ3) is 3.97. The van der Waals surface area contributed by atoms with Crippen LogP contribution in [0.2, 0.25) is 0 Å². The maximum atomic E-state index is 11.7. The van der Waals surface area contributed by atoms with E-state index in [0.717, 1.165) is 16.1 Å². The highest BCUT2D eigenvalue weighted by molar-refractivity contribution is 5.91. The third-order valence-electron chi connectivity index (χ3n) is 4.88. The molecule has 26 heavy (non-hydrogen) atoms. The first-order valence-corrected chi connectivity index (χ1v) is 8.92. The van der Waals surface area contributed by atoms with Crippen molar-refractivity contribution in [1.82, 2.24) is 15.2 Å². The van der Waals surface area contributed by atoms with Crippen LogP contribution >= 0.6 is 0 Å². The predicted octanol–water partition coefficient (Wildman–Crippen LogP) is 2.54. The summed E-state index contributed by atoms with van der Waals surface area (Å²) in [5.41, 5.74) is 4.35. The van der Waals surface area contributed by atoms with Crippen LogP contribution in [0.15, 0.2) is 30.5 Å². The number of nitrogens with one attached hydrogen (secondary N) is 1. The summed E-state index contributed by atoms with van der Waals surface area (Å²) in [7, 11) is 0. The van der Waals surface area contributed by atoms with E-state index >= 15 is 0 Å². The molecule has 1 aliphatic rings. The van der Waals surface area contributed by atoms with Gasteiger partial charge in [0.05, 0.1) is 11.7 Å². The maximum absolute atomic E-state index is 11.7. The Morgan fingerprint density at radius 1 is 1.35 bits per heavy atom. The molecule has 0 unspecified atom stereocenters. The number of ether oxygens (including phenoxy) is 1. The molecule has 0 radical (unpaired) electrons. The van der Waals surface area contributed by atoms with Gasteiger partial charge in [-0.3, -0.25) is 10.1 Å². The molecular formula is C18H26N6O2. The average molecular weight is 358 g/mol. The second kappa shape index (κ2) is 8.20. The van der Waals surface area contributed by atoms with Crippen molar-refractivity contribution in [2.75, 3.05) is 5.01 Å². The summed E-state index contributed by atoms with van der Waals surface area (Å²) in [6.07, 6.45) is 8.12. The summed E-state index contributed by atoms with van der Waals surface area (Å²) >= 11 is 0. The van der Waals surface area contributed by atoms with Gasteiger partial charge in [-0.25, -0.2) is 21.5 Å². The van der Waals surface area contributed by atoms with Crippen molar-refractivity contribution in [1.29, 1.82) is 0 Å². The molecule has 2 aromatic rings. The van der Waals surface area contributed by atoms with Gasteiger partial charge in [0.2, 0.25) is 5.88 Å². The summed E-state index contributed by atoms with van der Waals surface area (Å²) in [5, 5.41) is 5.53. The molecule has 5 N–H and O–H groups in total. The van der Waals surface area contributed by atoms with E-state index in [1.54, 1.807) is 6.07 Å². The van der Waals surface area contributed by atoms with E-state index < -0.39 is 6.03 Å². The van der Waals surface area contributed by atoms with E-state index in [4.69, 9.17) is 16.4 Å². The number of aryl methyl sites for hydroxylation is 1. The number of rotatable bonds is 5. The molecule has 1 saturated carbocycles. The van der Waals surface area contributed by atoms with Crippen LogP contribution in [0.1, 0.15) is 49.3 Å². The number of nitrogens with zero attached hydrogens (tertiary/aromatic N) is 3. The van der Waals surface area contributed by atoms with Crippen molar-refractivity contribution < 1.29 is 9.53 Å². The van der Waals surface area contributed by atoms with Crippen LogP contribution in [0.3, 0.4) is 0 Å². The molecule has 1 aromatic carbocycles. The van der Waals surface area contributed by atoms with Crippen LogP contribution in [-0.2, 0) is 6.61 Å². The predicted molar refractivity (Wildman–Crippen MR) is 99.2 cm³/mol. The summed E-state index contributed by atoms with van der Waals surface area (Å²) in [4.78, 5) is 11.7. The van der Waals surface area contributed by atoms with Gasteiger partial charge in [-0.1, -0.05) is 31.4 Å².